The van der Waals surface area contributed by atoms with Crippen molar-refractivity contribution in [2.45, 2.75) is 39.1 Å². The molecule has 0 aliphatic rings. The molecule has 1 N–H and O–H groups in total. The summed E-state index contributed by atoms with van der Waals surface area (Å²) < 4.78 is 10.9. The lowest BCUT2D eigenvalue weighted by Crippen LogP contribution is -2.24. The predicted octanol–water partition coefficient (Wildman–Crippen LogP) is 1.54. The highest BCUT2D eigenvalue weighted by atomic mass is 32.2. The van der Waals surface area contributed by atoms with Gasteiger partial charge in [-0.3, -0.25) is 0 Å². The Bertz CT molecular complexity index is 131. The van der Waals surface area contributed by atoms with Gasteiger partial charge in [-0.25, -0.2) is 0 Å². The maximum absolute atomic E-state index is 8.99. The van der Waals surface area contributed by atoms with E-state index < -0.39 is 6.10 Å². The summed E-state index contributed by atoms with van der Waals surface area (Å²) in [4.78, 5) is 0. The topological polar surface area (TPSA) is 38.7 Å². The van der Waals surface area contributed by atoms with E-state index in [9.17, 15) is 0 Å². The van der Waals surface area contributed by atoms with E-state index in [1.807, 2.05) is 6.92 Å². The molecule has 0 rings (SSSR count). The van der Waals surface area contributed by atoms with Crippen LogP contribution in [0.3, 0.4) is 0 Å². The average molecular weight is 222 g/mol. The lowest BCUT2D eigenvalue weighted by atomic mass is 10.4. The van der Waals surface area contributed by atoms with Crippen molar-refractivity contribution in [3.05, 3.63) is 0 Å². The smallest absolute Gasteiger partial charge is 0.0781 e. The monoisotopic (exact) mass is 222 g/mol. The molecule has 0 aromatic carbocycles. The van der Waals surface area contributed by atoms with Crippen LogP contribution in [0, 0.1) is 0 Å². The Morgan fingerprint density at radius 3 is 2.14 bits per heavy atom. The van der Waals surface area contributed by atoms with Gasteiger partial charge in [0.15, 0.2) is 0 Å². The van der Waals surface area contributed by atoms with Crippen molar-refractivity contribution in [3.8, 4) is 0 Å². The molecule has 0 bridgehead atoms. The second-order valence-corrected chi connectivity index (χ2v) is 4.50. The van der Waals surface area contributed by atoms with Crippen LogP contribution < -0.4 is 0 Å². The summed E-state index contributed by atoms with van der Waals surface area (Å²) in [5, 5.41) is 8.99. The van der Waals surface area contributed by atoms with E-state index in [1.165, 1.54) is 0 Å². The number of thioether (sulfide) groups is 1. The highest BCUT2D eigenvalue weighted by Crippen LogP contribution is 2.03. The van der Waals surface area contributed by atoms with Gasteiger partial charge in [0.05, 0.1) is 31.5 Å². The minimum Gasteiger partial charge on any atom is -0.391 e. The Hall–Kier alpha value is 0.230. The van der Waals surface area contributed by atoms with Gasteiger partial charge in [-0.2, -0.15) is 11.8 Å². The van der Waals surface area contributed by atoms with Crippen LogP contribution in [0.5, 0.6) is 0 Å². The molecule has 3 atom stereocenters. The summed E-state index contributed by atoms with van der Waals surface area (Å²) in [5.74, 6) is 1.00. The highest BCUT2D eigenvalue weighted by Gasteiger charge is 2.07. The van der Waals surface area contributed by atoms with Crippen LogP contribution in [0.4, 0.5) is 0 Å². The van der Waals surface area contributed by atoms with Crippen LogP contribution in [0.2, 0.25) is 0 Å². The van der Waals surface area contributed by atoms with Gasteiger partial charge in [-0.1, -0.05) is 0 Å². The molecule has 0 aromatic rings. The first-order valence-corrected chi connectivity index (χ1v) is 6.35. The number of rotatable bonds is 8. The fourth-order valence-electron chi connectivity index (χ4n) is 0.934. The second kappa shape index (κ2) is 8.53. The summed E-state index contributed by atoms with van der Waals surface area (Å²) in [6.07, 6.45) is 1.98. The van der Waals surface area contributed by atoms with Crippen molar-refractivity contribution in [1.29, 1.82) is 0 Å². The molecule has 4 heteroatoms. The summed E-state index contributed by atoms with van der Waals surface area (Å²) >= 11 is 1.77. The van der Waals surface area contributed by atoms with Crippen molar-refractivity contribution in [2.75, 3.05) is 25.2 Å². The zero-order chi connectivity index (χ0) is 11.0. The van der Waals surface area contributed by atoms with Gasteiger partial charge in [0.25, 0.3) is 0 Å². The minimum absolute atomic E-state index is 0.0499. The normalized spacial score (nSPS) is 17.8. The van der Waals surface area contributed by atoms with Crippen LogP contribution in [-0.2, 0) is 9.47 Å². The first kappa shape index (κ1) is 14.2. The number of aliphatic hydroxyl groups excluding tert-OH is 1. The van der Waals surface area contributed by atoms with E-state index in [1.54, 1.807) is 18.7 Å². The Labute approximate surface area is 91.2 Å². The van der Waals surface area contributed by atoms with Gasteiger partial charge < -0.3 is 14.6 Å². The standard InChI is InChI=1S/C10H22O3S/c1-8(11)5-12-9(2)6-13-10(3)7-14-4/h8-11H,5-7H2,1-4H3. The van der Waals surface area contributed by atoms with Gasteiger partial charge in [0, 0.05) is 5.75 Å². The maximum Gasteiger partial charge on any atom is 0.0781 e. The van der Waals surface area contributed by atoms with E-state index in [0.717, 1.165) is 5.75 Å². The number of aliphatic hydroxyl groups is 1. The lowest BCUT2D eigenvalue weighted by Gasteiger charge is -2.17. The zero-order valence-electron chi connectivity index (χ0n) is 9.53. The fourth-order valence-corrected chi connectivity index (χ4v) is 1.50. The van der Waals surface area contributed by atoms with E-state index in [2.05, 4.69) is 13.2 Å². The Morgan fingerprint density at radius 2 is 1.64 bits per heavy atom. The first-order chi connectivity index (χ1) is 6.56. The van der Waals surface area contributed by atoms with Crippen molar-refractivity contribution in [2.24, 2.45) is 0 Å². The zero-order valence-corrected chi connectivity index (χ0v) is 10.3. The van der Waals surface area contributed by atoms with E-state index >= 15 is 0 Å². The molecule has 0 radical (unpaired) electrons. The fraction of sp³-hybridized carbons (Fsp3) is 1.00. The molecule has 3 nitrogen and oxygen atoms in total. The third-order valence-corrected chi connectivity index (χ3v) is 2.44. The highest BCUT2D eigenvalue weighted by molar-refractivity contribution is 7.98. The summed E-state index contributed by atoms with van der Waals surface area (Å²) in [7, 11) is 0. The molecule has 86 valence electrons. The summed E-state index contributed by atoms with van der Waals surface area (Å²) in [5.41, 5.74) is 0. The molecule has 0 heterocycles. The van der Waals surface area contributed by atoms with Crippen molar-refractivity contribution in [1.82, 2.24) is 0 Å². The third kappa shape index (κ3) is 8.81. The molecule has 0 aromatic heterocycles. The molecular formula is C10H22O3S. The van der Waals surface area contributed by atoms with Gasteiger partial charge in [0.2, 0.25) is 0 Å². The molecule has 0 amide bonds. The third-order valence-electron chi connectivity index (χ3n) is 1.64. The Balaban J connectivity index is 3.38. The second-order valence-electron chi connectivity index (χ2n) is 3.59. The minimum atomic E-state index is -0.402. The van der Waals surface area contributed by atoms with Crippen molar-refractivity contribution >= 4 is 11.8 Å². The number of ether oxygens (including phenoxy) is 2. The van der Waals surface area contributed by atoms with Crippen LogP contribution >= 0.6 is 11.8 Å². The molecule has 0 aliphatic carbocycles. The predicted molar refractivity (Wildman–Crippen MR) is 60.9 cm³/mol. The summed E-state index contributed by atoms with van der Waals surface area (Å²) in [6, 6.07) is 0. The molecule has 0 aliphatic heterocycles. The van der Waals surface area contributed by atoms with E-state index in [0.29, 0.717) is 13.2 Å². The first-order valence-electron chi connectivity index (χ1n) is 4.96. The SMILES string of the molecule is CSCC(C)OCC(C)OCC(C)O. The molecule has 14 heavy (non-hydrogen) atoms. The van der Waals surface area contributed by atoms with E-state index in [-0.39, 0.29) is 12.2 Å². The molecular weight excluding hydrogens is 200 g/mol. The van der Waals surface area contributed by atoms with Crippen LogP contribution in [-0.4, -0.2) is 48.6 Å². The largest absolute Gasteiger partial charge is 0.391 e. The van der Waals surface area contributed by atoms with Crippen LogP contribution in [0.15, 0.2) is 0 Å². The number of hydrogen-bond acceptors (Lipinski definition) is 4. The van der Waals surface area contributed by atoms with Gasteiger partial charge in [-0.05, 0) is 27.0 Å². The Morgan fingerprint density at radius 1 is 1.07 bits per heavy atom. The molecule has 0 saturated heterocycles. The van der Waals surface area contributed by atoms with E-state index in [4.69, 9.17) is 14.6 Å². The lowest BCUT2D eigenvalue weighted by molar-refractivity contribution is -0.0484. The van der Waals surface area contributed by atoms with Crippen LogP contribution in [0.1, 0.15) is 20.8 Å². The van der Waals surface area contributed by atoms with Crippen molar-refractivity contribution in [3.63, 3.8) is 0 Å². The number of hydrogen-bond donors (Lipinski definition) is 1. The van der Waals surface area contributed by atoms with Gasteiger partial charge in [0.1, 0.15) is 0 Å². The quantitative estimate of drug-likeness (QED) is 0.676. The van der Waals surface area contributed by atoms with Gasteiger partial charge in [-0.15, -0.1) is 0 Å². The molecule has 0 saturated carbocycles. The maximum atomic E-state index is 8.99. The van der Waals surface area contributed by atoms with Gasteiger partial charge >= 0.3 is 0 Å². The van der Waals surface area contributed by atoms with Crippen molar-refractivity contribution < 1.29 is 14.6 Å². The average Bonchev–Trinajstić information content (AvgIpc) is 2.12. The Kier molecular flexibility index (Phi) is 8.67. The molecule has 0 fully saturated rings. The molecule has 0 spiro atoms. The summed E-state index contributed by atoms with van der Waals surface area (Å²) in [6.45, 7) is 6.69. The van der Waals surface area contributed by atoms with Crippen LogP contribution in [0.25, 0.3) is 0 Å². The molecule has 3 unspecified atom stereocenters.